The van der Waals surface area contributed by atoms with Crippen LogP contribution in [0, 0.1) is 22.7 Å². The van der Waals surface area contributed by atoms with E-state index in [9.17, 15) is 10.5 Å². The van der Waals surface area contributed by atoms with Gasteiger partial charge in [-0.25, -0.2) is 0 Å². The summed E-state index contributed by atoms with van der Waals surface area (Å²) in [5, 5.41) is 31.9. The maximum absolute atomic E-state index is 9.37. The van der Waals surface area contributed by atoms with Crippen LogP contribution in [-0.2, 0) is 0 Å². The highest BCUT2D eigenvalue weighted by atomic mass is 16.2. The molecule has 0 amide bonds. The van der Waals surface area contributed by atoms with Crippen molar-refractivity contribution in [1.29, 1.82) is 10.5 Å². The molecule has 106 valence electrons. The molecule has 0 aliphatic carbocycles. The minimum Gasteiger partial charge on any atom is -0.396 e. The second kappa shape index (κ2) is 7.86. The van der Waals surface area contributed by atoms with E-state index in [1.54, 1.807) is 11.6 Å². The largest absolute Gasteiger partial charge is 0.396 e. The molecule has 1 N–H and O–H groups in total. The van der Waals surface area contributed by atoms with Crippen LogP contribution in [0.25, 0.3) is 0 Å². The molecule has 5 nitrogen and oxygen atoms in total. The maximum atomic E-state index is 9.37. The Bertz CT molecular complexity index is 393. The second-order valence-electron chi connectivity index (χ2n) is 5.13. The fraction of sp³-hybridized carbons (Fsp3) is 0.857. The van der Waals surface area contributed by atoms with Crippen molar-refractivity contribution >= 4 is 0 Å². The molecule has 0 radical (unpaired) electrons. The fourth-order valence-corrected chi connectivity index (χ4v) is 1.54. The molecule has 0 spiro atoms. The zero-order valence-electron chi connectivity index (χ0n) is 12.5. The van der Waals surface area contributed by atoms with Gasteiger partial charge in [0.15, 0.2) is 6.54 Å². The zero-order valence-corrected chi connectivity index (χ0v) is 12.5. The van der Waals surface area contributed by atoms with Crippen molar-refractivity contribution in [2.75, 3.05) is 13.2 Å². The molecular formula is C14H25N4O+. The van der Waals surface area contributed by atoms with E-state index in [1.165, 1.54) is 0 Å². The Morgan fingerprint density at radius 3 is 2.11 bits per heavy atom. The number of hydrogen-bond acceptors (Lipinski definition) is 4. The molecule has 0 aromatic rings. The third-order valence-electron chi connectivity index (χ3n) is 3.55. The van der Waals surface area contributed by atoms with E-state index in [2.05, 4.69) is 17.3 Å². The highest BCUT2D eigenvalue weighted by Crippen LogP contribution is 2.21. The monoisotopic (exact) mass is 265 g/mol. The van der Waals surface area contributed by atoms with Gasteiger partial charge in [-0.05, 0) is 24.9 Å². The second-order valence-corrected chi connectivity index (χ2v) is 5.13. The molecule has 19 heavy (non-hydrogen) atoms. The number of nitrogens with zero attached hydrogens (tertiary/aromatic N) is 4. The third kappa shape index (κ3) is 4.96. The molecule has 0 fully saturated rings. The summed E-state index contributed by atoms with van der Waals surface area (Å²) in [7, 11) is 0. The summed E-state index contributed by atoms with van der Waals surface area (Å²) in [5.41, 5.74) is -1.50. The van der Waals surface area contributed by atoms with Crippen molar-refractivity contribution in [2.45, 2.75) is 64.5 Å². The normalized spacial score (nSPS) is 17.9. The van der Waals surface area contributed by atoms with E-state index in [-0.39, 0.29) is 6.61 Å². The number of aliphatic hydroxyl groups is 1. The van der Waals surface area contributed by atoms with Crippen LogP contribution in [-0.4, -0.2) is 34.0 Å². The van der Waals surface area contributed by atoms with Gasteiger partial charge in [0, 0.05) is 26.4 Å². The molecule has 0 rings (SSSR count). The average molecular weight is 265 g/mol. The minimum atomic E-state index is -0.799. The first-order valence-corrected chi connectivity index (χ1v) is 6.85. The van der Waals surface area contributed by atoms with Gasteiger partial charge < -0.3 is 5.11 Å². The SMILES string of the molecule is CCC(C)(C#N)N=[N+](CCCCO)C(C)(C#N)CC. The Morgan fingerprint density at radius 1 is 1.11 bits per heavy atom. The van der Waals surface area contributed by atoms with E-state index < -0.39 is 11.1 Å². The summed E-state index contributed by atoms with van der Waals surface area (Å²) in [5.74, 6) is 0. The van der Waals surface area contributed by atoms with Gasteiger partial charge in [0.25, 0.3) is 5.54 Å². The fourth-order valence-electron chi connectivity index (χ4n) is 1.54. The van der Waals surface area contributed by atoms with Gasteiger partial charge in [-0.1, -0.05) is 13.8 Å². The number of hydrogen-bond donors (Lipinski definition) is 1. The summed E-state index contributed by atoms with van der Waals surface area (Å²) in [6.45, 7) is 8.17. The third-order valence-corrected chi connectivity index (χ3v) is 3.55. The van der Waals surface area contributed by atoms with Gasteiger partial charge in [-0.3, -0.25) is 0 Å². The first-order chi connectivity index (χ1) is 8.91. The molecule has 0 heterocycles. The predicted octanol–water partition coefficient (Wildman–Crippen LogP) is 2.61. The number of nitriles is 2. The first-order valence-electron chi connectivity index (χ1n) is 6.85. The molecule has 0 saturated heterocycles. The van der Waals surface area contributed by atoms with Crippen molar-refractivity contribution < 1.29 is 9.80 Å². The van der Waals surface area contributed by atoms with Gasteiger partial charge in [0.1, 0.15) is 6.07 Å². The molecule has 2 atom stereocenters. The smallest absolute Gasteiger partial charge is 0.269 e. The van der Waals surface area contributed by atoms with Crippen molar-refractivity contribution in [3.8, 4) is 12.1 Å². The Kier molecular flexibility index (Phi) is 7.26. The van der Waals surface area contributed by atoms with Crippen LogP contribution in [0.1, 0.15) is 53.4 Å². The van der Waals surface area contributed by atoms with Crippen LogP contribution in [0.5, 0.6) is 0 Å². The standard InChI is InChI=1S/C14H25N4O/c1-5-13(3,11-15)17-18(9-7-8-10-19)14(4,6-2)12-16/h19H,5-10H2,1-4H3/q+1. The van der Waals surface area contributed by atoms with Crippen molar-refractivity contribution in [3.63, 3.8) is 0 Å². The molecule has 0 aliphatic rings. The molecular weight excluding hydrogens is 240 g/mol. The molecule has 0 bridgehead atoms. The Balaban J connectivity index is 5.35. The van der Waals surface area contributed by atoms with Gasteiger partial charge in [-0.2, -0.15) is 10.5 Å². The van der Waals surface area contributed by atoms with Crippen molar-refractivity contribution in [3.05, 3.63) is 0 Å². The lowest BCUT2D eigenvalue weighted by atomic mass is 9.99. The lowest BCUT2D eigenvalue weighted by Gasteiger charge is -2.19. The average Bonchev–Trinajstić information content (AvgIpc) is 2.45. The highest BCUT2D eigenvalue weighted by molar-refractivity contribution is 5.02. The number of unbranched alkanes of at least 4 members (excludes halogenated alkanes) is 1. The number of rotatable bonds is 8. The Hall–Kier alpha value is -1.46. The predicted molar refractivity (Wildman–Crippen MR) is 72.5 cm³/mol. The van der Waals surface area contributed by atoms with Crippen LogP contribution in [0.3, 0.4) is 0 Å². The quantitative estimate of drug-likeness (QED) is 0.416. The van der Waals surface area contributed by atoms with Gasteiger partial charge in [0.2, 0.25) is 5.54 Å². The first kappa shape index (κ1) is 17.5. The van der Waals surface area contributed by atoms with Gasteiger partial charge in [-0.15, -0.1) is 4.70 Å². The van der Waals surface area contributed by atoms with Crippen LogP contribution in [0.15, 0.2) is 5.11 Å². The summed E-state index contributed by atoms with van der Waals surface area (Å²) in [6, 6.07) is 4.49. The lowest BCUT2D eigenvalue weighted by Crippen LogP contribution is -2.39. The Labute approximate surface area is 116 Å². The molecule has 0 aromatic carbocycles. The van der Waals surface area contributed by atoms with Crippen LogP contribution in [0.4, 0.5) is 0 Å². The van der Waals surface area contributed by atoms with Gasteiger partial charge in [0.05, 0.1) is 6.07 Å². The van der Waals surface area contributed by atoms with E-state index in [0.717, 1.165) is 6.42 Å². The van der Waals surface area contributed by atoms with Crippen molar-refractivity contribution in [1.82, 2.24) is 0 Å². The van der Waals surface area contributed by atoms with E-state index >= 15 is 0 Å². The Morgan fingerprint density at radius 2 is 1.74 bits per heavy atom. The number of aliphatic hydroxyl groups excluding tert-OH is 1. The zero-order chi connectivity index (χ0) is 14.9. The summed E-state index contributed by atoms with van der Waals surface area (Å²) in [6.07, 6.45) is 2.66. The van der Waals surface area contributed by atoms with Gasteiger partial charge >= 0.3 is 0 Å². The van der Waals surface area contributed by atoms with Crippen LogP contribution in [0.2, 0.25) is 0 Å². The summed E-state index contributed by atoms with van der Waals surface area (Å²) >= 11 is 0. The molecule has 0 aliphatic heterocycles. The lowest BCUT2D eigenvalue weighted by molar-refractivity contribution is -0.654. The van der Waals surface area contributed by atoms with E-state index in [0.29, 0.717) is 25.8 Å². The molecule has 0 aromatic heterocycles. The molecule has 0 saturated carbocycles. The number of azo groups is 2. The van der Waals surface area contributed by atoms with E-state index in [1.807, 2.05) is 20.8 Å². The maximum Gasteiger partial charge on any atom is 0.269 e. The van der Waals surface area contributed by atoms with Crippen molar-refractivity contribution in [2.24, 2.45) is 5.11 Å². The summed E-state index contributed by atoms with van der Waals surface area (Å²) < 4.78 is 1.73. The highest BCUT2D eigenvalue weighted by Gasteiger charge is 2.39. The summed E-state index contributed by atoms with van der Waals surface area (Å²) in [4.78, 5) is 0. The molecule has 5 heteroatoms. The topological polar surface area (TPSA) is 83.2 Å². The minimum absolute atomic E-state index is 0.131. The van der Waals surface area contributed by atoms with Crippen LogP contribution < -0.4 is 0 Å². The van der Waals surface area contributed by atoms with Crippen LogP contribution >= 0.6 is 0 Å². The van der Waals surface area contributed by atoms with E-state index in [4.69, 9.17) is 5.11 Å². The molecule has 2 unspecified atom stereocenters.